The molecular weight excluding hydrogens is 274 g/mol. The fourth-order valence-electron chi connectivity index (χ4n) is 1.07. The Kier molecular flexibility index (Phi) is 3.33. The first-order valence-electron chi connectivity index (χ1n) is 4.32. The lowest BCUT2D eigenvalue weighted by Gasteiger charge is -2.03. The fraction of sp³-hybridized carbons (Fsp3) is 0.100. The van der Waals surface area contributed by atoms with Crippen molar-refractivity contribution in [3.8, 4) is 0 Å². The number of aromatic nitrogens is 3. The number of rotatable bonds is 2. The van der Waals surface area contributed by atoms with E-state index < -0.39 is 0 Å². The van der Waals surface area contributed by atoms with Gasteiger partial charge in [-0.2, -0.15) is 0 Å². The van der Waals surface area contributed by atoms with Gasteiger partial charge in [0.2, 0.25) is 0 Å². The first-order chi connectivity index (χ1) is 7.25. The summed E-state index contributed by atoms with van der Waals surface area (Å²) in [6.45, 7) is 2.03. The second kappa shape index (κ2) is 4.72. The molecule has 0 aliphatic carbocycles. The fourth-order valence-corrected chi connectivity index (χ4v) is 2.27. The average molecular weight is 282 g/mol. The number of hydrogen-bond donors (Lipinski definition) is 0. The molecule has 0 N–H and O–H groups in total. The highest BCUT2D eigenvalue weighted by atomic mass is 79.9. The molecule has 0 unspecified atom stereocenters. The van der Waals surface area contributed by atoms with Gasteiger partial charge in [0, 0.05) is 16.9 Å². The summed E-state index contributed by atoms with van der Waals surface area (Å²) in [6, 6.07) is 3.91. The van der Waals surface area contributed by atoms with Crippen LogP contribution >= 0.6 is 27.7 Å². The summed E-state index contributed by atoms with van der Waals surface area (Å²) in [5.74, 6) is 0. The molecule has 0 aliphatic rings. The molecule has 0 bridgehead atoms. The molecule has 0 radical (unpaired) electrons. The number of nitrogens with zero attached hydrogens (tertiary/aromatic N) is 3. The third-order valence-corrected chi connectivity index (χ3v) is 3.26. The lowest BCUT2D eigenvalue weighted by atomic mass is 10.3. The largest absolute Gasteiger partial charge is 0.248 e. The molecule has 5 heteroatoms. The van der Waals surface area contributed by atoms with Gasteiger partial charge in [-0.1, -0.05) is 0 Å². The zero-order valence-corrected chi connectivity index (χ0v) is 10.4. The van der Waals surface area contributed by atoms with Crippen LogP contribution in [0.4, 0.5) is 0 Å². The van der Waals surface area contributed by atoms with Crippen molar-refractivity contribution in [2.75, 3.05) is 0 Å². The van der Waals surface area contributed by atoms with Gasteiger partial charge in [0.25, 0.3) is 0 Å². The van der Waals surface area contributed by atoms with Crippen molar-refractivity contribution in [3.63, 3.8) is 0 Å². The second-order valence-electron chi connectivity index (χ2n) is 2.93. The summed E-state index contributed by atoms with van der Waals surface area (Å²) in [4.78, 5) is 12.3. The summed E-state index contributed by atoms with van der Waals surface area (Å²) in [6.07, 6.45) is 5.05. The van der Waals surface area contributed by atoms with Gasteiger partial charge in [-0.15, -0.1) is 0 Å². The van der Waals surface area contributed by atoms with Crippen LogP contribution in [0.15, 0.2) is 45.4 Å². The summed E-state index contributed by atoms with van der Waals surface area (Å²) in [5.41, 5.74) is 1.13. The van der Waals surface area contributed by atoms with Gasteiger partial charge in [0.1, 0.15) is 16.4 Å². The lowest BCUT2D eigenvalue weighted by molar-refractivity contribution is 1.02. The minimum atomic E-state index is 0.905. The van der Waals surface area contributed by atoms with Crippen molar-refractivity contribution in [1.82, 2.24) is 15.0 Å². The molecule has 2 rings (SSSR count). The zero-order chi connectivity index (χ0) is 10.7. The second-order valence-corrected chi connectivity index (χ2v) is 4.85. The zero-order valence-electron chi connectivity index (χ0n) is 8.01. The Labute approximate surface area is 101 Å². The van der Waals surface area contributed by atoms with Gasteiger partial charge < -0.3 is 0 Å². The van der Waals surface area contributed by atoms with Crippen molar-refractivity contribution >= 4 is 27.7 Å². The van der Waals surface area contributed by atoms with E-state index in [2.05, 4.69) is 30.9 Å². The minimum Gasteiger partial charge on any atom is -0.248 e. The number of aryl methyl sites for hydroxylation is 1. The van der Waals surface area contributed by atoms with Gasteiger partial charge in [-0.05, 0) is 52.3 Å². The van der Waals surface area contributed by atoms with Crippen LogP contribution in [0.5, 0.6) is 0 Å². The SMILES string of the molecule is Cc1cc(Br)cnc1Sc1ccncn1. The molecule has 0 amide bonds. The van der Waals surface area contributed by atoms with E-state index in [-0.39, 0.29) is 0 Å². The number of halogens is 1. The Morgan fingerprint density at radius 3 is 2.87 bits per heavy atom. The Morgan fingerprint density at radius 1 is 1.33 bits per heavy atom. The quantitative estimate of drug-likeness (QED) is 0.793. The van der Waals surface area contributed by atoms with E-state index in [1.165, 1.54) is 18.1 Å². The van der Waals surface area contributed by atoms with Crippen molar-refractivity contribution in [1.29, 1.82) is 0 Å². The molecule has 3 nitrogen and oxygen atoms in total. The molecule has 0 aromatic carbocycles. The lowest BCUT2D eigenvalue weighted by Crippen LogP contribution is -1.87. The predicted octanol–water partition coefficient (Wildman–Crippen LogP) is 3.09. The molecule has 0 saturated carbocycles. The molecule has 2 aromatic rings. The standard InChI is InChI=1S/C10H8BrN3S/c1-7-4-8(11)5-13-10(7)15-9-2-3-12-6-14-9/h2-6H,1H3. The van der Waals surface area contributed by atoms with Gasteiger partial charge in [-0.25, -0.2) is 15.0 Å². The molecule has 0 aliphatic heterocycles. The van der Waals surface area contributed by atoms with Crippen LogP contribution in [0.2, 0.25) is 0 Å². The highest BCUT2D eigenvalue weighted by Gasteiger charge is 2.03. The molecule has 15 heavy (non-hydrogen) atoms. The Bertz CT molecular complexity index is 461. The van der Waals surface area contributed by atoms with Gasteiger partial charge in [0.05, 0.1) is 0 Å². The number of hydrogen-bond acceptors (Lipinski definition) is 4. The van der Waals surface area contributed by atoms with E-state index in [9.17, 15) is 0 Å². The first-order valence-corrected chi connectivity index (χ1v) is 5.92. The van der Waals surface area contributed by atoms with Crippen LogP contribution in [0.25, 0.3) is 0 Å². The Balaban J connectivity index is 2.25. The molecule has 2 aromatic heterocycles. The van der Waals surface area contributed by atoms with E-state index in [4.69, 9.17) is 0 Å². The van der Waals surface area contributed by atoms with Gasteiger partial charge in [-0.3, -0.25) is 0 Å². The topological polar surface area (TPSA) is 38.7 Å². The van der Waals surface area contributed by atoms with E-state index in [0.29, 0.717) is 0 Å². The van der Waals surface area contributed by atoms with Crippen LogP contribution in [-0.4, -0.2) is 15.0 Å². The third kappa shape index (κ3) is 2.76. The summed E-state index contributed by atoms with van der Waals surface area (Å²) < 4.78 is 0.993. The van der Waals surface area contributed by atoms with Crippen LogP contribution < -0.4 is 0 Å². The van der Waals surface area contributed by atoms with Crippen molar-refractivity contribution in [2.45, 2.75) is 17.0 Å². The third-order valence-electron chi connectivity index (χ3n) is 1.75. The maximum absolute atomic E-state index is 4.33. The van der Waals surface area contributed by atoms with Gasteiger partial charge >= 0.3 is 0 Å². The van der Waals surface area contributed by atoms with Crippen LogP contribution in [0.3, 0.4) is 0 Å². The molecule has 0 spiro atoms. The summed E-state index contributed by atoms with van der Waals surface area (Å²) in [7, 11) is 0. The monoisotopic (exact) mass is 281 g/mol. The molecule has 76 valence electrons. The maximum Gasteiger partial charge on any atom is 0.116 e. The highest BCUT2D eigenvalue weighted by Crippen LogP contribution is 2.27. The van der Waals surface area contributed by atoms with Crippen molar-refractivity contribution in [3.05, 3.63) is 40.9 Å². The minimum absolute atomic E-state index is 0.905. The Morgan fingerprint density at radius 2 is 2.20 bits per heavy atom. The van der Waals surface area contributed by atoms with Crippen molar-refractivity contribution in [2.24, 2.45) is 0 Å². The van der Waals surface area contributed by atoms with Crippen LogP contribution in [-0.2, 0) is 0 Å². The molecule has 0 atom stereocenters. The van der Waals surface area contributed by atoms with E-state index >= 15 is 0 Å². The van der Waals surface area contributed by atoms with E-state index in [1.807, 2.05) is 19.1 Å². The smallest absolute Gasteiger partial charge is 0.116 e. The molecular formula is C10H8BrN3S. The van der Waals surface area contributed by atoms with E-state index in [1.54, 1.807) is 12.4 Å². The highest BCUT2D eigenvalue weighted by molar-refractivity contribution is 9.10. The first kappa shape index (κ1) is 10.6. The van der Waals surface area contributed by atoms with Gasteiger partial charge in [0.15, 0.2) is 0 Å². The maximum atomic E-state index is 4.33. The van der Waals surface area contributed by atoms with Crippen LogP contribution in [0, 0.1) is 6.92 Å². The predicted molar refractivity (Wildman–Crippen MR) is 62.8 cm³/mol. The molecule has 0 fully saturated rings. The normalized spacial score (nSPS) is 10.3. The van der Waals surface area contributed by atoms with Crippen molar-refractivity contribution < 1.29 is 0 Å². The Hall–Kier alpha value is -0.940. The average Bonchev–Trinajstić information content (AvgIpc) is 2.24. The van der Waals surface area contributed by atoms with Crippen LogP contribution in [0.1, 0.15) is 5.56 Å². The summed E-state index contributed by atoms with van der Waals surface area (Å²) in [5, 5.41) is 1.87. The van der Waals surface area contributed by atoms with E-state index in [0.717, 1.165) is 20.1 Å². The molecule has 0 saturated heterocycles. The summed E-state index contributed by atoms with van der Waals surface area (Å²) >= 11 is 4.92. The molecule has 2 heterocycles. The number of pyridine rings is 1.